The Labute approximate surface area is 225 Å². The third kappa shape index (κ3) is 37.4. The van der Waals surface area contributed by atoms with Gasteiger partial charge in [-0.2, -0.15) is 0 Å². The monoisotopic (exact) mass is 554 g/mol. The third-order valence-electron chi connectivity index (χ3n) is 5.79. The number of hydrogen-bond donors (Lipinski definition) is 2. The van der Waals surface area contributed by atoms with Gasteiger partial charge < -0.3 is 10.2 Å². The van der Waals surface area contributed by atoms with E-state index in [0.29, 0.717) is 12.8 Å². The maximum atomic E-state index is 10.2. The molecule has 1 atom stereocenters. The molecule has 5 heteroatoms. The molecular formula is C30H55AsO4. The van der Waals surface area contributed by atoms with Crippen LogP contribution in [0.1, 0.15) is 142 Å². The fraction of sp³-hybridized carbons (Fsp3) is 0.733. The SMILES string of the molecule is CCCCCCCCCCCC(=O)O.CCCCCCCCCCCC(=O)O.[AsH2]c1ccccc1. The van der Waals surface area contributed by atoms with Gasteiger partial charge in [-0.3, -0.25) is 9.59 Å². The molecule has 0 radical (unpaired) electrons. The number of carboxylic acid groups (broad SMARTS) is 2. The van der Waals surface area contributed by atoms with Gasteiger partial charge in [-0.05, 0) is 12.8 Å². The van der Waals surface area contributed by atoms with Crippen molar-refractivity contribution in [3.05, 3.63) is 30.3 Å². The Balaban J connectivity index is 0. The molecule has 1 aromatic carbocycles. The van der Waals surface area contributed by atoms with Crippen LogP contribution in [0.4, 0.5) is 0 Å². The summed E-state index contributed by atoms with van der Waals surface area (Å²) in [5, 5.41) is 16.8. The van der Waals surface area contributed by atoms with E-state index in [1.165, 1.54) is 94.2 Å². The van der Waals surface area contributed by atoms with E-state index < -0.39 is 11.9 Å². The summed E-state index contributed by atoms with van der Waals surface area (Å²) in [6.45, 7) is 4.46. The van der Waals surface area contributed by atoms with Crippen molar-refractivity contribution in [2.24, 2.45) is 0 Å². The van der Waals surface area contributed by atoms with Crippen molar-refractivity contribution in [2.45, 2.75) is 142 Å². The zero-order chi connectivity index (χ0) is 26.4. The summed E-state index contributed by atoms with van der Waals surface area (Å²) in [6, 6.07) is 10.4. The number of aliphatic carboxylic acids is 2. The molecule has 0 aromatic heterocycles. The zero-order valence-corrected chi connectivity index (χ0v) is 25.2. The van der Waals surface area contributed by atoms with Crippen LogP contribution in [0.5, 0.6) is 0 Å². The summed E-state index contributed by atoms with van der Waals surface area (Å²) >= 11 is 1.67. The van der Waals surface area contributed by atoms with Crippen LogP contribution in [0.2, 0.25) is 0 Å². The van der Waals surface area contributed by atoms with Gasteiger partial charge in [0.05, 0.1) is 0 Å². The van der Waals surface area contributed by atoms with Crippen LogP contribution in [-0.2, 0) is 9.59 Å². The number of rotatable bonds is 20. The fourth-order valence-electron chi connectivity index (χ4n) is 3.63. The average molecular weight is 555 g/mol. The van der Waals surface area contributed by atoms with E-state index in [1.807, 2.05) is 6.07 Å². The van der Waals surface area contributed by atoms with Crippen LogP contribution in [-0.4, -0.2) is 39.0 Å². The molecule has 1 aromatic rings. The maximum absolute atomic E-state index is 10.2. The Bertz CT molecular complexity index is 531. The Morgan fingerprint density at radius 3 is 1.06 bits per heavy atom. The molecule has 35 heavy (non-hydrogen) atoms. The summed E-state index contributed by atoms with van der Waals surface area (Å²) in [4.78, 5) is 20.4. The fourth-order valence-corrected chi connectivity index (χ4v) is 4.09. The third-order valence-corrected chi connectivity index (χ3v) is 6.60. The number of benzene rings is 1. The van der Waals surface area contributed by atoms with Gasteiger partial charge in [-0.15, -0.1) is 0 Å². The van der Waals surface area contributed by atoms with Gasteiger partial charge in [0.15, 0.2) is 0 Å². The topological polar surface area (TPSA) is 74.6 Å². The zero-order valence-electron chi connectivity index (χ0n) is 22.8. The molecule has 0 fully saturated rings. The molecule has 0 heterocycles. The van der Waals surface area contributed by atoms with Gasteiger partial charge >= 0.3 is 63.5 Å². The predicted molar refractivity (Wildman–Crippen MR) is 154 cm³/mol. The second kappa shape index (κ2) is 30.7. The first-order valence-electron chi connectivity index (χ1n) is 14.2. The molecule has 0 amide bonds. The first-order chi connectivity index (χ1) is 16.9. The van der Waals surface area contributed by atoms with Crippen molar-refractivity contribution in [3.8, 4) is 0 Å². The Morgan fingerprint density at radius 2 is 0.829 bits per heavy atom. The van der Waals surface area contributed by atoms with E-state index in [-0.39, 0.29) is 0 Å². The van der Waals surface area contributed by atoms with Crippen LogP contribution in [0.3, 0.4) is 0 Å². The van der Waals surface area contributed by atoms with Crippen LogP contribution in [0, 0.1) is 0 Å². The van der Waals surface area contributed by atoms with E-state index in [4.69, 9.17) is 10.2 Å². The second-order valence-electron chi connectivity index (χ2n) is 9.36. The van der Waals surface area contributed by atoms with Crippen LogP contribution < -0.4 is 4.35 Å². The first-order valence-corrected chi connectivity index (χ1v) is 15.4. The molecule has 0 aliphatic carbocycles. The van der Waals surface area contributed by atoms with Crippen molar-refractivity contribution in [2.75, 3.05) is 0 Å². The van der Waals surface area contributed by atoms with E-state index in [1.54, 1.807) is 16.9 Å². The molecule has 0 aliphatic heterocycles. The van der Waals surface area contributed by atoms with Gasteiger partial charge in [-0.25, -0.2) is 0 Å². The summed E-state index contributed by atoms with van der Waals surface area (Å²) in [5.41, 5.74) is 0. The Kier molecular flexibility index (Phi) is 31.5. The number of hydrogen-bond acceptors (Lipinski definition) is 2. The Hall–Kier alpha value is -1.28. The molecule has 0 spiro atoms. The van der Waals surface area contributed by atoms with Crippen molar-refractivity contribution < 1.29 is 19.8 Å². The van der Waals surface area contributed by atoms with Gasteiger partial charge in [0.2, 0.25) is 0 Å². The molecule has 4 nitrogen and oxygen atoms in total. The molecule has 0 bridgehead atoms. The predicted octanol–water partition coefficient (Wildman–Crippen LogP) is 7.93. The molecule has 0 saturated carbocycles. The standard InChI is InChI=1S/2C12H24O2.C6H7As/c2*1-2-3-4-5-6-7-8-9-10-11-12(13)14;7-6-4-2-1-3-5-6/h2*2-11H2,1H3,(H,13,14);1-5H,7H2. The van der Waals surface area contributed by atoms with Gasteiger partial charge in [0.25, 0.3) is 0 Å². The molecule has 1 rings (SSSR count). The van der Waals surface area contributed by atoms with E-state index >= 15 is 0 Å². The normalized spacial score (nSPS) is 10.0. The second-order valence-corrected chi connectivity index (χ2v) is 10.8. The van der Waals surface area contributed by atoms with E-state index in [2.05, 4.69) is 38.1 Å². The van der Waals surface area contributed by atoms with Crippen molar-refractivity contribution in [3.63, 3.8) is 0 Å². The molecule has 204 valence electrons. The molecule has 1 unspecified atom stereocenters. The molecule has 0 aliphatic rings. The quantitative estimate of drug-likeness (QED) is 0.127. The molecule has 0 saturated heterocycles. The molecular weight excluding hydrogens is 499 g/mol. The van der Waals surface area contributed by atoms with Gasteiger partial charge in [-0.1, -0.05) is 117 Å². The first kappa shape index (κ1) is 35.9. The molecule has 2 N–H and O–H groups in total. The van der Waals surface area contributed by atoms with Crippen LogP contribution >= 0.6 is 0 Å². The van der Waals surface area contributed by atoms with Gasteiger partial charge in [0, 0.05) is 12.8 Å². The van der Waals surface area contributed by atoms with Crippen molar-refractivity contribution >= 4 is 33.1 Å². The summed E-state index contributed by atoms with van der Waals surface area (Å²) < 4.78 is 1.38. The summed E-state index contributed by atoms with van der Waals surface area (Å²) in [6.07, 6.45) is 23.0. The van der Waals surface area contributed by atoms with Crippen molar-refractivity contribution in [1.82, 2.24) is 0 Å². The number of carbonyl (C=O) groups is 2. The van der Waals surface area contributed by atoms with E-state index in [9.17, 15) is 9.59 Å². The Morgan fingerprint density at radius 1 is 0.543 bits per heavy atom. The number of unbranched alkanes of at least 4 members (excludes halogenated alkanes) is 16. The minimum atomic E-state index is -0.659. The van der Waals surface area contributed by atoms with Gasteiger partial charge in [0.1, 0.15) is 0 Å². The minimum absolute atomic E-state index is 0.343. The average Bonchev–Trinajstić information content (AvgIpc) is 2.83. The number of carboxylic acids is 2. The van der Waals surface area contributed by atoms with Crippen LogP contribution in [0.25, 0.3) is 0 Å². The van der Waals surface area contributed by atoms with Crippen LogP contribution in [0.15, 0.2) is 30.3 Å². The summed E-state index contributed by atoms with van der Waals surface area (Å²) in [7, 11) is 0. The summed E-state index contributed by atoms with van der Waals surface area (Å²) in [5.74, 6) is -1.32. The van der Waals surface area contributed by atoms with E-state index in [0.717, 1.165) is 25.7 Å². The van der Waals surface area contributed by atoms with Crippen molar-refractivity contribution in [1.29, 1.82) is 0 Å².